The van der Waals surface area contributed by atoms with Crippen molar-refractivity contribution >= 4 is 29.9 Å². The summed E-state index contributed by atoms with van der Waals surface area (Å²) in [5, 5.41) is 6.77. The van der Waals surface area contributed by atoms with Gasteiger partial charge in [0.05, 0.1) is 0 Å². The Morgan fingerprint density at radius 1 is 1.53 bits per heavy atom. The topological polar surface area (TPSA) is 50.4 Å². The van der Waals surface area contributed by atoms with Crippen molar-refractivity contribution in [1.29, 1.82) is 0 Å². The van der Waals surface area contributed by atoms with Gasteiger partial charge in [-0.3, -0.25) is 4.79 Å². The minimum atomic E-state index is -0.108. The fraction of sp³-hybridized carbons (Fsp3) is 0.462. The van der Waals surface area contributed by atoms with Crippen LogP contribution in [0.4, 0.5) is 0 Å². The van der Waals surface area contributed by atoms with E-state index in [1.807, 2.05) is 0 Å². The van der Waals surface area contributed by atoms with Crippen LogP contribution in [-0.2, 0) is 4.79 Å². The number of benzene rings is 1. The molecule has 0 aromatic heterocycles. The van der Waals surface area contributed by atoms with Gasteiger partial charge in [0.1, 0.15) is 5.75 Å². The molecule has 0 aliphatic carbocycles. The average Bonchev–Trinajstić information content (AvgIpc) is 2.87. The Labute approximate surface area is 124 Å². The lowest BCUT2D eigenvalue weighted by molar-refractivity contribution is -0.123. The molecular weight excluding hydrogens is 287 g/mol. The number of amides is 1. The van der Waals surface area contributed by atoms with Crippen molar-refractivity contribution < 1.29 is 9.53 Å². The first-order valence-electron chi connectivity index (χ1n) is 6.12. The molecule has 2 rings (SSSR count). The number of carbonyl (C=O) groups is 1. The highest BCUT2D eigenvalue weighted by molar-refractivity contribution is 6.30. The van der Waals surface area contributed by atoms with E-state index in [-0.39, 0.29) is 24.9 Å². The zero-order valence-electron chi connectivity index (χ0n) is 10.5. The number of rotatable bonds is 5. The lowest BCUT2D eigenvalue weighted by Crippen LogP contribution is -2.39. The monoisotopic (exact) mass is 304 g/mol. The van der Waals surface area contributed by atoms with Gasteiger partial charge in [0.2, 0.25) is 0 Å². The molecule has 1 atom stereocenters. The van der Waals surface area contributed by atoms with Crippen LogP contribution in [0.15, 0.2) is 24.3 Å². The van der Waals surface area contributed by atoms with Crippen molar-refractivity contribution in [3.05, 3.63) is 29.3 Å². The second-order valence-electron chi connectivity index (χ2n) is 4.34. The van der Waals surface area contributed by atoms with E-state index in [0.29, 0.717) is 23.4 Å². The molecule has 106 valence electrons. The summed E-state index contributed by atoms with van der Waals surface area (Å²) in [6.07, 6.45) is 2.30. The molecule has 1 heterocycles. The highest BCUT2D eigenvalue weighted by atomic mass is 35.5. The Balaban J connectivity index is 0.00000180. The van der Waals surface area contributed by atoms with Crippen molar-refractivity contribution in [2.24, 2.45) is 0 Å². The van der Waals surface area contributed by atoms with Crippen molar-refractivity contribution in [2.45, 2.75) is 18.9 Å². The molecular formula is C13H18Cl2N2O2. The van der Waals surface area contributed by atoms with Gasteiger partial charge in [-0.2, -0.15) is 0 Å². The van der Waals surface area contributed by atoms with Crippen LogP contribution in [0.1, 0.15) is 12.8 Å². The standard InChI is InChI=1S/C13H17ClN2O2.ClH/c14-10-3-1-5-12(7-10)18-9-13(17)16-8-11-4-2-6-15-11;/h1,3,5,7,11,15H,2,4,6,8-9H2,(H,16,17);1H. The minimum Gasteiger partial charge on any atom is -0.484 e. The zero-order valence-corrected chi connectivity index (χ0v) is 12.1. The van der Waals surface area contributed by atoms with Crippen LogP contribution in [0.25, 0.3) is 0 Å². The number of carbonyl (C=O) groups excluding carboxylic acids is 1. The number of ether oxygens (including phenoxy) is 1. The summed E-state index contributed by atoms with van der Waals surface area (Å²) in [6, 6.07) is 7.42. The predicted molar refractivity (Wildman–Crippen MR) is 78.2 cm³/mol. The molecule has 1 aliphatic heterocycles. The number of halogens is 2. The first-order chi connectivity index (χ1) is 8.74. The van der Waals surface area contributed by atoms with Gasteiger partial charge >= 0.3 is 0 Å². The van der Waals surface area contributed by atoms with Gasteiger partial charge in [-0.25, -0.2) is 0 Å². The summed E-state index contributed by atoms with van der Waals surface area (Å²) in [5.74, 6) is 0.500. The van der Waals surface area contributed by atoms with Gasteiger partial charge in [-0.1, -0.05) is 17.7 Å². The molecule has 1 unspecified atom stereocenters. The van der Waals surface area contributed by atoms with Crippen LogP contribution in [0.3, 0.4) is 0 Å². The normalized spacial score (nSPS) is 17.6. The van der Waals surface area contributed by atoms with Crippen LogP contribution >= 0.6 is 24.0 Å². The lowest BCUT2D eigenvalue weighted by Gasteiger charge is -2.12. The van der Waals surface area contributed by atoms with E-state index in [2.05, 4.69) is 10.6 Å². The molecule has 4 nitrogen and oxygen atoms in total. The Morgan fingerprint density at radius 2 is 2.37 bits per heavy atom. The van der Waals surface area contributed by atoms with E-state index in [0.717, 1.165) is 13.0 Å². The second-order valence-corrected chi connectivity index (χ2v) is 4.78. The van der Waals surface area contributed by atoms with Crippen LogP contribution in [-0.4, -0.2) is 31.6 Å². The van der Waals surface area contributed by atoms with E-state index in [1.54, 1.807) is 24.3 Å². The van der Waals surface area contributed by atoms with E-state index in [9.17, 15) is 4.79 Å². The lowest BCUT2D eigenvalue weighted by atomic mass is 10.2. The summed E-state index contributed by atoms with van der Waals surface area (Å²) in [7, 11) is 0. The molecule has 1 amide bonds. The summed E-state index contributed by atoms with van der Waals surface area (Å²) in [5.41, 5.74) is 0. The van der Waals surface area contributed by atoms with E-state index in [4.69, 9.17) is 16.3 Å². The van der Waals surface area contributed by atoms with Gasteiger partial charge < -0.3 is 15.4 Å². The van der Waals surface area contributed by atoms with Gasteiger partial charge in [-0.05, 0) is 37.6 Å². The highest BCUT2D eigenvalue weighted by Gasteiger charge is 2.14. The van der Waals surface area contributed by atoms with Crippen molar-refractivity contribution in [3.63, 3.8) is 0 Å². The Kier molecular flexibility index (Phi) is 6.99. The number of hydrogen-bond donors (Lipinski definition) is 2. The first-order valence-corrected chi connectivity index (χ1v) is 6.50. The maximum absolute atomic E-state index is 11.6. The van der Waals surface area contributed by atoms with Crippen LogP contribution in [0, 0.1) is 0 Å². The fourth-order valence-corrected chi connectivity index (χ4v) is 2.10. The Hall–Kier alpha value is -0.970. The molecule has 2 N–H and O–H groups in total. The smallest absolute Gasteiger partial charge is 0.257 e. The molecule has 19 heavy (non-hydrogen) atoms. The quantitative estimate of drug-likeness (QED) is 0.875. The second kappa shape index (κ2) is 8.25. The largest absolute Gasteiger partial charge is 0.484 e. The summed E-state index contributed by atoms with van der Waals surface area (Å²) in [6.45, 7) is 1.73. The minimum absolute atomic E-state index is 0. The van der Waals surface area contributed by atoms with Crippen molar-refractivity contribution in [2.75, 3.05) is 19.7 Å². The molecule has 1 aromatic rings. The number of hydrogen-bond acceptors (Lipinski definition) is 3. The maximum Gasteiger partial charge on any atom is 0.257 e. The Bertz CT molecular complexity index is 409. The molecule has 0 radical (unpaired) electrons. The molecule has 1 aromatic carbocycles. The molecule has 1 aliphatic rings. The molecule has 1 fully saturated rings. The Morgan fingerprint density at radius 3 is 3.05 bits per heavy atom. The third-order valence-electron chi connectivity index (χ3n) is 2.87. The van der Waals surface area contributed by atoms with Gasteiger partial charge in [-0.15, -0.1) is 12.4 Å². The molecule has 6 heteroatoms. The third kappa shape index (κ3) is 5.68. The molecule has 0 spiro atoms. The van der Waals surface area contributed by atoms with Crippen LogP contribution in [0.2, 0.25) is 5.02 Å². The van der Waals surface area contributed by atoms with Crippen molar-refractivity contribution in [3.8, 4) is 5.75 Å². The highest BCUT2D eigenvalue weighted by Crippen LogP contribution is 2.16. The van der Waals surface area contributed by atoms with E-state index in [1.165, 1.54) is 6.42 Å². The van der Waals surface area contributed by atoms with Crippen molar-refractivity contribution in [1.82, 2.24) is 10.6 Å². The molecule has 1 saturated heterocycles. The third-order valence-corrected chi connectivity index (χ3v) is 3.11. The van der Waals surface area contributed by atoms with E-state index < -0.39 is 0 Å². The van der Waals surface area contributed by atoms with Gasteiger partial charge in [0.25, 0.3) is 5.91 Å². The number of nitrogens with one attached hydrogen (secondary N) is 2. The molecule has 0 bridgehead atoms. The maximum atomic E-state index is 11.6. The molecule has 0 saturated carbocycles. The summed E-state index contributed by atoms with van der Waals surface area (Å²) < 4.78 is 5.35. The summed E-state index contributed by atoms with van der Waals surface area (Å²) in [4.78, 5) is 11.6. The zero-order chi connectivity index (χ0) is 12.8. The summed E-state index contributed by atoms with van der Waals surface area (Å²) >= 11 is 5.82. The first kappa shape index (κ1) is 16.1. The van der Waals surface area contributed by atoms with Crippen LogP contribution in [0.5, 0.6) is 5.75 Å². The van der Waals surface area contributed by atoms with Gasteiger partial charge in [0, 0.05) is 17.6 Å². The average molecular weight is 305 g/mol. The van der Waals surface area contributed by atoms with Crippen LogP contribution < -0.4 is 15.4 Å². The van der Waals surface area contributed by atoms with Gasteiger partial charge in [0.15, 0.2) is 6.61 Å². The van der Waals surface area contributed by atoms with E-state index >= 15 is 0 Å². The SMILES string of the molecule is Cl.O=C(COc1cccc(Cl)c1)NCC1CCCN1. The fourth-order valence-electron chi connectivity index (χ4n) is 1.92. The predicted octanol–water partition coefficient (Wildman–Crippen LogP) is 2.01.